The van der Waals surface area contributed by atoms with Crippen LogP contribution in [-0.4, -0.2) is 9.55 Å². The first kappa shape index (κ1) is 12.8. The van der Waals surface area contributed by atoms with Crippen molar-refractivity contribution in [2.24, 2.45) is 0 Å². The lowest BCUT2D eigenvalue weighted by Crippen LogP contribution is -2.01. The van der Waals surface area contributed by atoms with Crippen molar-refractivity contribution in [3.05, 3.63) is 71.5 Å². The molecule has 0 saturated carbocycles. The number of aryl methyl sites for hydroxylation is 1. The maximum Gasteiger partial charge on any atom is 0.212 e. The number of hydrogen-bond donors (Lipinski definition) is 1. The number of nitrogens with zero attached hydrogens (tertiary/aromatic N) is 2. The second-order valence-corrected chi connectivity index (χ2v) is 4.97. The van der Waals surface area contributed by atoms with Gasteiger partial charge in [-0.1, -0.05) is 35.9 Å². The summed E-state index contributed by atoms with van der Waals surface area (Å²) in [6.07, 6.45) is 3.64. The van der Waals surface area contributed by atoms with Crippen molar-refractivity contribution in [3.8, 4) is 5.69 Å². The van der Waals surface area contributed by atoms with Gasteiger partial charge in [0.25, 0.3) is 0 Å². The Bertz CT molecular complexity index is 720. The first-order chi connectivity index (χ1) is 9.74. The van der Waals surface area contributed by atoms with E-state index in [4.69, 9.17) is 11.6 Å². The molecular formula is C16H14ClN3. The average molecular weight is 284 g/mol. The molecule has 4 heteroatoms. The van der Waals surface area contributed by atoms with Gasteiger partial charge in [-0.3, -0.25) is 4.57 Å². The maximum absolute atomic E-state index is 6.32. The highest BCUT2D eigenvalue weighted by molar-refractivity contribution is 6.32. The van der Waals surface area contributed by atoms with Crippen LogP contribution in [0.4, 0.5) is 11.6 Å². The van der Waals surface area contributed by atoms with E-state index in [1.54, 1.807) is 6.20 Å². The number of nitrogens with one attached hydrogen (secondary N) is 1. The Labute approximate surface area is 122 Å². The largest absolute Gasteiger partial charge is 0.325 e. The summed E-state index contributed by atoms with van der Waals surface area (Å²) in [4.78, 5) is 4.34. The summed E-state index contributed by atoms with van der Waals surface area (Å²) in [7, 11) is 0. The fourth-order valence-corrected chi connectivity index (χ4v) is 2.37. The number of halogens is 1. The minimum atomic E-state index is 0.708. The van der Waals surface area contributed by atoms with E-state index >= 15 is 0 Å². The van der Waals surface area contributed by atoms with E-state index in [0.717, 1.165) is 22.9 Å². The summed E-state index contributed by atoms with van der Waals surface area (Å²) in [6, 6.07) is 15.9. The Morgan fingerprint density at radius 2 is 1.90 bits per heavy atom. The molecule has 3 nitrogen and oxygen atoms in total. The minimum Gasteiger partial charge on any atom is -0.325 e. The fourth-order valence-electron chi connectivity index (χ4n) is 2.05. The van der Waals surface area contributed by atoms with E-state index in [-0.39, 0.29) is 0 Å². The van der Waals surface area contributed by atoms with Gasteiger partial charge in [0.1, 0.15) is 0 Å². The minimum absolute atomic E-state index is 0.708. The van der Waals surface area contributed by atoms with Gasteiger partial charge in [0.2, 0.25) is 5.95 Å². The molecule has 0 saturated heterocycles. The van der Waals surface area contributed by atoms with Crippen molar-refractivity contribution in [1.29, 1.82) is 0 Å². The average Bonchev–Trinajstić information content (AvgIpc) is 2.88. The third kappa shape index (κ3) is 2.53. The summed E-state index contributed by atoms with van der Waals surface area (Å²) < 4.78 is 1.94. The van der Waals surface area contributed by atoms with Gasteiger partial charge in [-0.15, -0.1) is 0 Å². The Morgan fingerprint density at radius 3 is 2.65 bits per heavy atom. The Hall–Kier alpha value is -2.26. The van der Waals surface area contributed by atoms with Gasteiger partial charge in [-0.25, -0.2) is 4.98 Å². The Balaban J connectivity index is 1.98. The zero-order valence-electron chi connectivity index (χ0n) is 11.0. The predicted octanol–water partition coefficient (Wildman–Crippen LogP) is 4.58. The number of aromatic nitrogens is 2. The molecule has 3 aromatic rings. The zero-order chi connectivity index (χ0) is 13.9. The van der Waals surface area contributed by atoms with Crippen molar-refractivity contribution in [2.45, 2.75) is 6.92 Å². The quantitative estimate of drug-likeness (QED) is 0.762. The summed E-state index contributed by atoms with van der Waals surface area (Å²) in [5.41, 5.74) is 3.04. The third-order valence-electron chi connectivity index (χ3n) is 3.03. The second-order valence-electron chi connectivity index (χ2n) is 4.57. The molecule has 0 bridgehead atoms. The summed E-state index contributed by atoms with van der Waals surface area (Å²) in [5, 5.41) is 3.99. The lowest BCUT2D eigenvalue weighted by atomic mass is 10.2. The van der Waals surface area contributed by atoms with Crippen LogP contribution < -0.4 is 5.32 Å². The number of benzene rings is 2. The summed E-state index contributed by atoms with van der Waals surface area (Å²) in [6.45, 7) is 2.02. The van der Waals surface area contributed by atoms with Gasteiger partial charge >= 0.3 is 0 Å². The van der Waals surface area contributed by atoms with Gasteiger partial charge < -0.3 is 5.32 Å². The molecule has 0 radical (unpaired) electrons. The molecule has 1 N–H and O–H groups in total. The molecule has 100 valence electrons. The van der Waals surface area contributed by atoms with E-state index in [9.17, 15) is 0 Å². The predicted molar refractivity (Wildman–Crippen MR) is 83.0 cm³/mol. The van der Waals surface area contributed by atoms with Crippen LogP contribution in [0.5, 0.6) is 0 Å². The first-order valence-corrected chi connectivity index (χ1v) is 6.74. The summed E-state index contributed by atoms with van der Waals surface area (Å²) >= 11 is 6.32. The highest BCUT2D eigenvalue weighted by Crippen LogP contribution is 2.25. The van der Waals surface area contributed by atoms with E-state index < -0.39 is 0 Å². The maximum atomic E-state index is 6.32. The van der Waals surface area contributed by atoms with Crippen LogP contribution in [0.3, 0.4) is 0 Å². The van der Waals surface area contributed by atoms with Crippen molar-refractivity contribution >= 4 is 23.2 Å². The van der Waals surface area contributed by atoms with Crippen molar-refractivity contribution in [1.82, 2.24) is 9.55 Å². The van der Waals surface area contributed by atoms with Crippen LogP contribution in [-0.2, 0) is 0 Å². The molecule has 0 amide bonds. The van der Waals surface area contributed by atoms with Crippen LogP contribution in [0.2, 0.25) is 5.02 Å². The van der Waals surface area contributed by atoms with Gasteiger partial charge in [-0.2, -0.15) is 0 Å². The Morgan fingerprint density at radius 1 is 1.10 bits per heavy atom. The van der Waals surface area contributed by atoms with E-state index in [1.807, 2.05) is 66.2 Å². The Kier molecular flexibility index (Phi) is 3.44. The normalized spacial score (nSPS) is 10.5. The molecule has 1 heterocycles. The molecule has 0 spiro atoms. The highest BCUT2D eigenvalue weighted by atomic mass is 35.5. The molecule has 20 heavy (non-hydrogen) atoms. The molecule has 1 aromatic heterocycles. The van der Waals surface area contributed by atoms with E-state index in [2.05, 4.69) is 10.3 Å². The highest BCUT2D eigenvalue weighted by Gasteiger charge is 2.08. The van der Waals surface area contributed by atoms with Gasteiger partial charge in [0.05, 0.1) is 10.7 Å². The van der Waals surface area contributed by atoms with Gasteiger partial charge in [0.15, 0.2) is 0 Å². The fraction of sp³-hybridized carbons (Fsp3) is 0.0625. The summed E-state index contributed by atoms with van der Waals surface area (Å²) in [5.74, 6) is 0.738. The molecule has 0 atom stereocenters. The van der Waals surface area contributed by atoms with Crippen LogP contribution in [0, 0.1) is 6.92 Å². The molecule has 2 aromatic carbocycles. The smallest absolute Gasteiger partial charge is 0.212 e. The first-order valence-electron chi connectivity index (χ1n) is 6.36. The van der Waals surface area contributed by atoms with Crippen LogP contribution >= 0.6 is 11.6 Å². The van der Waals surface area contributed by atoms with Crippen molar-refractivity contribution in [2.75, 3.05) is 5.32 Å². The zero-order valence-corrected chi connectivity index (χ0v) is 11.8. The molecule has 0 aliphatic carbocycles. The van der Waals surface area contributed by atoms with E-state index in [1.165, 1.54) is 0 Å². The lowest BCUT2D eigenvalue weighted by Gasteiger charge is -2.11. The van der Waals surface area contributed by atoms with Gasteiger partial charge in [-0.05, 0) is 36.8 Å². The van der Waals surface area contributed by atoms with Crippen LogP contribution in [0.25, 0.3) is 5.69 Å². The monoisotopic (exact) mass is 283 g/mol. The standard InChI is InChI=1S/C16H14ClN3/c1-12-7-8-15(14(17)11-12)20-10-9-18-16(20)19-13-5-3-2-4-6-13/h2-11H,1H3,(H,18,19). The molecule has 3 rings (SSSR count). The van der Waals surface area contributed by atoms with Crippen LogP contribution in [0.15, 0.2) is 60.9 Å². The number of imidazole rings is 1. The molecule has 0 fully saturated rings. The molecule has 0 aliphatic heterocycles. The third-order valence-corrected chi connectivity index (χ3v) is 3.34. The second kappa shape index (κ2) is 5.39. The van der Waals surface area contributed by atoms with Gasteiger partial charge in [0, 0.05) is 18.1 Å². The lowest BCUT2D eigenvalue weighted by molar-refractivity contribution is 1.06. The topological polar surface area (TPSA) is 29.9 Å². The van der Waals surface area contributed by atoms with Crippen molar-refractivity contribution < 1.29 is 0 Å². The molecule has 0 aliphatic rings. The SMILES string of the molecule is Cc1ccc(-n2ccnc2Nc2ccccc2)c(Cl)c1. The van der Waals surface area contributed by atoms with Crippen molar-refractivity contribution in [3.63, 3.8) is 0 Å². The number of para-hydroxylation sites is 1. The number of rotatable bonds is 3. The van der Waals surface area contributed by atoms with E-state index in [0.29, 0.717) is 5.02 Å². The number of hydrogen-bond acceptors (Lipinski definition) is 2. The molecular weight excluding hydrogens is 270 g/mol. The molecule has 0 unspecified atom stereocenters. The van der Waals surface area contributed by atoms with Crippen LogP contribution in [0.1, 0.15) is 5.56 Å². The number of anilines is 2.